The number of hydrogen-bond acceptors (Lipinski definition) is 4. The van der Waals surface area contributed by atoms with E-state index in [0.29, 0.717) is 6.54 Å². The number of ether oxygens (including phenoxy) is 1. The van der Waals surface area contributed by atoms with E-state index in [1.54, 1.807) is 6.92 Å². The fraction of sp³-hybridized carbons (Fsp3) is 0.467. The van der Waals surface area contributed by atoms with Crippen LogP contribution in [0.3, 0.4) is 0 Å². The molecule has 0 amide bonds. The van der Waals surface area contributed by atoms with Gasteiger partial charge in [0, 0.05) is 0 Å². The Kier molecular flexibility index (Phi) is 6.94. The fourth-order valence-electron chi connectivity index (χ4n) is 1.84. The lowest BCUT2D eigenvalue weighted by Gasteiger charge is -2.17. The average molecular weight is 299 g/mol. The third-order valence-electron chi connectivity index (χ3n) is 2.83. The van der Waals surface area contributed by atoms with Crippen molar-refractivity contribution in [3.05, 3.63) is 35.4 Å². The summed E-state index contributed by atoms with van der Waals surface area (Å²) in [6, 6.07) is 1.74. The third kappa shape index (κ3) is 5.23. The van der Waals surface area contributed by atoms with Crippen molar-refractivity contribution in [2.75, 3.05) is 13.2 Å². The van der Waals surface area contributed by atoms with Gasteiger partial charge in [-0.25, -0.2) is 8.78 Å². The van der Waals surface area contributed by atoms with Crippen LogP contribution in [0.1, 0.15) is 37.0 Å². The van der Waals surface area contributed by atoms with E-state index >= 15 is 0 Å². The van der Waals surface area contributed by atoms with Gasteiger partial charge in [0.15, 0.2) is 5.78 Å². The zero-order valence-electron chi connectivity index (χ0n) is 12.1. The van der Waals surface area contributed by atoms with Crippen LogP contribution in [-0.4, -0.2) is 30.9 Å². The summed E-state index contributed by atoms with van der Waals surface area (Å²) < 4.78 is 31.6. The molecule has 0 radical (unpaired) electrons. The summed E-state index contributed by atoms with van der Waals surface area (Å²) in [7, 11) is 0. The predicted octanol–water partition coefficient (Wildman–Crippen LogP) is 2.47. The number of halogens is 2. The molecule has 116 valence electrons. The molecule has 0 fully saturated rings. The molecule has 0 bridgehead atoms. The molecule has 1 aromatic carbocycles. The maximum absolute atomic E-state index is 13.7. The number of nitrogens with one attached hydrogen (secondary N) is 1. The molecule has 0 aliphatic carbocycles. The van der Waals surface area contributed by atoms with Crippen molar-refractivity contribution in [3.8, 4) is 0 Å². The van der Waals surface area contributed by atoms with E-state index in [0.717, 1.165) is 24.6 Å². The Morgan fingerprint density at radius 1 is 1.29 bits per heavy atom. The Morgan fingerprint density at radius 2 is 2.00 bits per heavy atom. The summed E-state index contributed by atoms with van der Waals surface area (Å²) in [6.07, 6.45) is 0.515. The number of ketones is 1. The van der Waals surface area contributed by atoms with Gasteiger partial charge < -0.3 is 10.1 Å². The van der Waals surface area contributed by atoms with Crippen molar-refractivity contribution in [2.24, 2.45) is 0 Å². The smallest absolute Gasteiger partial charge is 0.307 e. The van der Waals surface area contributed by atoms with Crippen molar-refractivity contribution >= 4 is 11.8 Å². The number of benzene rings is 1. The Labute approximate surface area is 122 Å². The van der Waals surface area contributed by atoms with Gasteiger partial charge >= 0.3 is 5.97 Å². The van der Waals surface area contributed by atoms with Gasteiger partial charge in [-0.1, -0.05) is 6.92 Å². The third-order valence-corrected chi connectivity index (χ3v) is 2.83. The van der Waals surface area contributed by atoms with Crippen molar-refractivity contribution in [1.82, 2.24) is 5.32 Å². The molecule has 6 heteroatoms. The summed E-state index contributed by atoms with van der Waals surface area (Å²) in [5, 5.41) is 2.86. The second kappa shape index (κ2) is 8.46. The monoisotopic (exact) mass is 299 g/mol. The van der Waals surface area contributed by atoms with Crippen molar-refractivity contribution in [3.63, 3.8) is 0 Å². The first-order chi connectivity index (χ1) is 9.99. The Hall–Kier alpha value is -1.82. The van der Waals surface area contributed by atoms with Gasteiger partial charge in [-0.15, -0.1) is 0 Å². The molecule has 1 aromatic rings. The molecule has 0 saturated carbocycles. The minimum Gasteiger partial charge on any atom is -0.466 e. The van der Waals surface area contributed by atoms with E-state index in [4.69, 9.17) is 4.74 Å². The Balaban J connectivity index is 2.92. The first-order valence-corrected chi connectivity index (χ1v) is 6.87. The minimum atomic E-state index is -0.930. The lowest BCUT2D eigenvalue weighted by atomic mass is 10.0. The Morgan fingerprint density at radius 3 is 2.62 bits per heavy atom. The SMILES string of the molecule is CCCNC(CC(=O)OCC)C(=O)c1cc(F)ccc1F. The molecule has 1 atom stereocenters. The van der Waals surface area contributed by atoms with Gasteiger partial charge in [0.1, 0.15) is 11.6 Å². The molecule has 0 heterocycles. The van der Waals surface area contributed by atoms with Gasteiger partial charge in [0.2, 0.25) is 0 Å². The molecule has 1 N–H and O–H groups in total. The van der Waals surface area contributed by atoms with Gasteiger partial charge in [0.05, 0.1) is 24.6 Å². The summed E-state index contributed by atoms with van der Waals surface area (Å²) in [6.45, 7) is 4.22. The summed E-state index contributed by atoms with van der Waals surface area (Å²) in [4.78, 5) is 23.8. The van der Waals surface area contributed by atoms with Crippen LogP contribution in [0.2, 0.25) is 0 Å². The number of Topliss-reactive ketones (excluding diaryl/α,β-unsaturated/α-hetero) is 1. The molecule has 1 unspecified atom stereocenters. The molecule has 1 rings (SSSR count). The molecular formula is C15H19F2NO3. The highest BCUT2D eigenvalue weighted by atomic mass is 19.1. The number of carbonyl (C=O) groups excluding carboxylic acids is 2. The lowest BCUT2D eigenvalue weighted by Crippen LogP contribution is -2.39. The predicted molar refractivity (Wildman–Crippen MR) is 74.0 cm³/mol. The zero-order chi connectivity index (χ0) is 15.8. The van der Waals surface area contributed by atoms with Crippen molar-refractivity contribution < 1.29 is 23.1 Å². The summed E-state index contributed by atoms with van der Waals surface area (Å²) in [5.74, 6) is -2.73. The zero-order valence-corrected chi connectivity index (χ0v) is 12.1. The van der Waals surface area contributed by atoms with Crippen LogP contribution in [0.25, 0.3) is 0 Å². The van der Waals surface area contributed by atoms with Gasteiger partial charge in [-0.2, -0.15) is 0 Å². The molecule has 4 nitrogen and oxygen atoms in total. The van der Waals surface area contributed by atoms with E-state index in [1.165, 1.54) is 0 Å². The molecule has 0 aliphatic heterocycles. The first kappa shape index (κ1) is 17.2. The summed E-state index contributed by atoms with van der Waals surface area (Å²) in [5.41, 5.74) is -0.368. The first-order valence-electron chi connectivity index (χ1n) is 6.87. The van der Waals surface area contributed by atoms with Crippen LogP contribution in [0.5, 0.6) is 0 Å². The van der Waals surface area contributed by atoms with Crippen LogP contribution in [0.15, 0.2) is 18.2 Å². The van der Waals surface area contributed by atoms with E-state index < -0.39 is 29.4 Å². The van der Waals surface area contributed by atoms with Crippen LogP contribution in [0, 0.1) is 11.6 Å². The maximum Gasteiger partial charge on any atom is 0.307 e. The highest BCUT2D eigenvalue weighted by molar-refractivity contribution is 6.02. The van der Waals surface area contributed by atoms with Crippen molar-refractivity contribution in [2.45, 2.75) is 32.7 Å². The standard InChI is InChI=1S/C15H19F2NO3/c1-3-7-18-13(9-14(19)21-4-2)15(20)11-8-10(16)5-6-12(11)17/h5-6,8,13,18H,3-4,7,9H2,1-2H3. The highest BCUT2D eigenvalue weighted by Gasteiger charge is 2.25. The van der Waals surface area contributed by atoms with E-state index in [1.807, 2.05) is 6.92 Å². The highest BCUT2D eigenvalue weighted by Crippen LogP contribution is 2.14. The summed E-state index contributed by atoms with van der Waals surface area (Å²) >= 11 is 0. The molecule has 0 saturated heterocycles. The molecule has 0 spiro atoms. The van der Waals surface area contributed by atoms with E-state index in [2.05, 4.69) is 5.32 Å². The molecule has 21 heavy (non-hydrogen) atoms. The number of rotatable bonds is 8. The second-order valence-electron chi connectivity index (χ2n) is 4.50. The quantitative estimate of drug-likeness (QED) is 0.592. The Bertz CT molecular complexity index is 506. The lowest BCUT2D eigenvalue weighted by molar-refractivity contribution is -0.143. The van der Waals surface area contributed by atoms with Crippen LogP contribution in [0.4, 0.5) is 8.78 Å². The maximum atomic E-state index is 13.7. The van der Waals surface area contributed by atoms with Crippen molar-refractivity contribution in [1.29, 1.82) is 0 Å². The molecular weight excluding hydrogens is 280 g/mol. The van der Waals surface area contributed by atoms with Gasteiger partial charge in [-0.3, -0.25) is 9.59 Å². The molecule has 0 aromatic heterocycles. The van der Waals surface area contributed by atoms with E-state index in [-0.39, 0.29) is 18.6 Å². The van der Waals surface area contributed by atoms with Gasteiger partial charge in [0.25, 0.3) is 0 Å². The van der Waals surface area contributed by atoms with Crippen LogP contribution >= 0.6 is 0 Å². The number of hydrogen-bond donors (Lipinski definition) is 1. The molecule has 0 aliphatic rings. The largest absolute Gasteiger partial charge is 0.466 e. The normalized spacial score (nSPS) is 12.0. The average Bonchev–Trinajstić information content (AvgIpc) is 2.45. The second-order valence-corrected chi connectivity index (χ2v) is 4.50. The topological polar surface area (TPSA) is 55.4 Å². The minimum absolute atomic E-state index is 0.196. The van der Waals surface area contributed by atoms with Gasteiger partial charge in [-0.05, 0) is 38.1 Å². The van der Waals surface area contributed by atoms with Crippen LogP contribution < -0.4 is 5.32 Å². The fourth-order valence-corrected chi connectivity index (χ4v) is 1.84. The van der Waals surface area contributed by atoms with Crippen LogP contribution in [-0.2, 0) is 9.53 Å². The number of carbonyl (C=O) groups is 2. The number of esters is 1. The van der Waals surface area contributed by atoms with E-state index in [9.17, 15) is 18.4 Å².